The highest BCUT2D eigenvalue weighted by molar-refractivity contribution is 7.13. The molecule has 118 valence electrons. The van der Waals surface area contributed by atoms with Gasteiger partial charge in [-0.3, -0.25) is 9.59 Å². The lowest BCUT2D eigenvalue weighted by Gasteiger charge is -2.28. The monoisotopic (exact) mass is 311 g/mol. The summed E-state index contributed by atoms with van der Waals surface area (Å²) in [6.07, 6.45) is 6.01. The molecule has 2 amide bonds. The van der Waals surface area contributed by atoms with Gasteiger partial charge in [-0.2, -0.15) is 0 Å². The van der Waals surface area contributed by atoms with E-state index in [-0.39, 0.29) is 24.4 Å². The van der Waals surface area contributed by atoms with E-state index in [1.807, 2.05) is 13.8 Å². The van der Waals surface area contributed by atoms with E-state index in [9.17, 15) is 9.59 Å². The molecular formula is C15H25N3O2S. The highest BCUT2D eigenvalue weighted by Gasteiger charge is 2.21. The number of thiazole rings is 1. The molecule has 0 aliphatic carbocycles. The normalized spacial score (nSPS) is 12.0. The van der Waals surface area contributed by atoms with E-state index in [2.05, 4.69) is 17.2 Å². The maximum atomic E-state index is 12.3. The predicted molar refractivity (Wildman–Crippen MR) is 86.4 cm³/mol. The smallest absolute Gasteiger partial charge is 0.245 e. The molecule has 1 aromatic rings. The van der Waals surface area contributed by atoms with Crippen LogP contribution >= 0.6 is 11.3 Å². The fourth-order valence-corrected chi connectivity index (χ4v) is 2.52. The maximum Gasteiger partial charge on any atom is 0.245 e. The molecule has 0 aliphatic rings. The van der Waals surface area contributed by atoms with Crippen LogP contribution in [0.4, 0.5) is 5.13 Å². The molecule has 0 unspecified atom stereocenters. The number of hydrogen-bond acceptors (Lipinski definition) is 4. The molecule has 1 heterocycles. The number of anilines is 1. The third-order valence-electron chi connectivity index (χ3n) is 3.43. The van der Waals surface area contributed by atoms with E-state index in [0.717, 1.165) is 25.7 Å². The van der Waals surface area contributed by atoms with Crippen LogP contribution in [0.1, 0.15) is 52.9 Å². The third-order valence-corrected chi connectivity index (χ3v) is 4.12. The SMILES string of the molecule is CCCCCC(=O)N(CC(=O)Nc1nccs1)[C@H](C)CC. The van der Waals surface area contributed by atoms with Gasteiger partial charge >= 0.3 is 0 Å². The summed E-state index contributed by atoms with van der Waals surface area (Å²) in [6, 6.07) is 0.0705. The molecule has 5 nitrogen and oxygen atoms in total. The summed E-state index contributed by atoms with van der Waals surface area (Å²) in [4.78, 5) is 30.0. The highest BCUT2D eigenvalue weighted by Crippen LogP contribution is 2.12. The summed E-state index contributed by atoms with van der Waals surface area (Å²) in [5.74, 6) is -0.124. The van der Waals surface area contributed by atoms with Gasteiger partial charge in [0.25, 0.3) is 0 Å². The average molecular weight is 311 g/mol. The van der Waals surface area contributed by atoms with Crippen LogP contribution in [0.15, 0.2) is 11.6 Å². The average Bonchev–Trinajstić information content (AvgIpc) is 2.96. The van der Waals surface area contributed by atoms with Gasteiger partial charge in [0.2, 0.25) is 11.8 Å². The fraction of sp³-hybridized carbons (Fsp3) is 0.667. The second-order valence-electron chi connectivity index (χ2n) is 5.12. The lowest BCUT2D eigenvalue weighted by molar-refractivity contribution is -0.136. The fourth-order valence-electron chi connectivity index (χ4n) is 1.98. The second kappa shape index (κ2) is 9.50. The molecule has 0 radical (unpaired) electrons. The van der Waals surface area contributed by atoms with E-state index in [1.54, 1.807) is 16.5 Å². The molecule has 0 aliphatic heterocycles. The zero-order chi connectivity index (χ0) is 15.7. The molecule has 0 saturated carbocycles. The van der Waals surface area contributed by atoms with Crippen molar-refractivity contribution in [2.75, 3.05) is 11.9 Å². The number of nitrogens with one attached hydrogen (secondary N) is 1. The summed E-state index contributed by atoms with van der Waals surface area (Å²) in [7, 11) is 0. The lowest BCUT2D eigenvalue weighted by atomic mass is 10.1. The van der Waals surface area contributed by atoms with Crippen molar-refractivity contribution in [3.63, 3.8) is 0 Å². The number of hydrogen-bond donors (Lipinski definition) is 1. The number of rotatable bonds is 9. The number of unbranched alkanes of at least 4 members (excludes halogenated alkanes) is 2. The minimum atomic E-state index is -0.186. The molecule has 21 heavy (non-hydrogen) atoms. The molecular weight excluding hydrogens is 286 g/mol. The van der Waals surface area contributed by atoms with Gasteiger partial charge in [-0.1, -0.05) is 26.7 Å². The molecule has 6 heteroatoms. The number of amides is 2. The van der Waals surface area contributed by atoms with Crippen molar-refractivity contribution in [3.8, 4) is 0 Å². The van der Waals surface area contributed by atoms with Crippen molar-refractivity contribution in [3.05, 3.63) is 11.6 Å². The number of nitrogens with zero attached hydrogens (tertiary/aromatic N) is 2. The van der Waals surface area contributed by atoms with Crippen molar-refractivity contribution in [1.82, 2.24) is 9.88 Å². The molecule has 0 aromatic carbocycles. The van der Waals surface area contributed by atoms with E-state index in [4.69, 9.17) is 0 Å². The van der Waals surface area contributed by atoms with E-state index < -0.39 is 0 Å². The van der Waals surface area contributed by atoms with Gasteiger partial charge in [0.1, 0.15) is 6.54 Å². The first kappa shape index (κ1) is 17.6. The molecule has 0 spiro atoms. The van der Waals surface area contributed by atoms with Crippen molar-refractivity contribution >= 4 is 28.3 Å². The van der Waals surface area contributed by atoms with Crippen molar-refractivity contribution in [1.29, 1.82) is 0 Å². The highest BCUT2D eigenvalue weighted by atomic mass is 32.1. The van der Waals surface area contributed by atoms with Crippen LogP contribution in [0.3, 0.4) is 0 Å². The Balaban J connectivity index is 2.56. The first-order valence-electron chi connectivity index (χ1n) is 7.57. The van der Waals surface area contributed by atoms with Crippen molar-refractivity contribution in [2.24, 2.45) is 0 Å². The Morgan fingerprint density at radius 2 is 2.14 bits per heavy atom. The third kappa shape index (κ3) is 6.25. The molecule has 0 saturated heterocycles. The summed E-state index contributed by atoms with van der Waals surface area (Å²) in [5.41, 5.74) is 0. The van der Waals surface area contributed by atoms with Gasteiger partial charge in [0, 0.05) is 24.0 Å². The van der Waals surface area contributed by atoms with Gasteiger partial charge in [-0.25, -0.2) is 4.98 Å². The van der Waals surface area contributed by atoms with Crippen molar-refractivity contribution in [2.45, 2.75) is 58.9 Å². The van der Waals surface area contributed by atoms with Crippen LogP contribution in [0.2, 0.25) is 0 Å². The minimum absolute atomic E-state index is 0.0621. The number of carbonyl (C=O) groups is 2. The van der Waals surface area contributed by atoms with Gasteiger partial charge in [-0.15, -0.1) is 11.3 Å². The van der Waals surface area contributed by atoms with Crippen LogP contribution in [-0.4, -0.2) is 34.3 Å². The van der Waals surface area contributed by atoms with Crippen LogP contribution in [0.5, 0.6) is 0 Å². The van der Waals surface area contributed by atoms with Crippen LogP contribution in [0, 0.1) is 0 Å². The Bertz CT molecular complexity index is 434. The maximum absolute atomic E-state index is 12.3. The molecule has 1 rings (SSSR count). The van der Waals surface area contributed by atoms with Gasteiger partial charge in [0.05, 0.1) is 0 Å². The van der Waals surface area contributed by atoms with E-state index in [1.165, 1.54) is 11.3 Å². The Labute approximate surface area is 130 Å². The summed E-state index contributed by atoms with van der Waals surface area (Å²) >= 11 is 1.37. The van der Waals surface area contributed by atoms with Crippen LogP contribution in [0.25, 0.3) is 0 Å². The van der Waals surface area contributed by atoms with E-state index >= 15 is 0 Å². The second-order valence-corrected chi connectivity index (χ2v) is 6.02. The van der Waals surface area contributed by atoms with Gasteiger partial charge in [0.15, 0.2) is 5.13 Å². The Kier molecular flexibility index (Phi) is 7.97. The first-order chi connectivity index (χ1) is 10.1. The lowest BCUT2D eigenvalue weighted by Crippen LogP contribution is -2.43. The number of aromatic nitrogens is 1. The van der Waals surface area contributed by atoms with Gasteiger partial charge < -0.3 is 10.2 Å². The summed E-state index contributed by atoms with van der Waals surface area (Å²) in [5, 5.41) is 5.10. The summed E-state index contributed by atoms with van der Waals surface area (Å²) in [6.45, 7) is 6.21. The molecule has 1 aromatic heterocycles. The van der Waals surface area contributed by atoms with Crippen LogP contribution < -0.4 is 5.32 Å². The first-order valence-corrected chi connectivity index (χ1v) is 8.45. The van der Waals surface area contributed by atoms with Crippen LogP contribution in [-0.2, 0) is 9.59 Å². The van der Waals surface area contributed by atoms with E-state index in [0.29, 0.717) is 11.6 Å². The topological polar surface area (TPSA) is 62.3 Å². The largest absolute Gasteiger partial charge is 0.331 e. The molecule has 1 N–H and O–H groups in total. The molecule has 1 atom stereocenters. The zero-order valence-corrected chi connectivity index (χ0v) is 13.9. The number of carbonyl (C=O) groups excluding carboxylic acids is 2. The minimum Gasteiger partial charge on any atom is -0.331 e. The Hall–Kier alpha value is -1.43. The molecule has 0 fully saturated rings. The Morgan fingerprint density at radius 3 is 2.71 bits per heavy atom. The molecule has 0 bridgehead atoms. The standard InChI is InChI=1S/C15H25N3O2S/c1-4-6-7-8-14(20)18(12(3)5-2)11-13(19)17-15-16-9-10-21-15/h9-10,12H,4-8,11H2,1-3H3,(H,16,17,19)/t12-/m1/s1. The van der Waals surface area contributed by atoms with Crippen molar-refractivity contribution < 1.29 is 9.59 Å². The zero-order valence-electron chi connectivity index (χ0n) is 13.1. The summed E-state index contributed by atoms with van der Waals surface area (Å²) < 4.78 is 0. The predicted octanol–water partition coefficient (Wildman–Crippen LogP) is 3.29. The quantitative estimate of drug-likeness (QED) is 0.712. The van der Waals surface area contributed by atoms with Gasteiger partial charge in [-0.05, 0) is 19.8 Å². The Morgan fingerprint density at radius 1 is 1.38 bits per heavy atom.